The molecule has 0 aliphatic heterocycles. The summed E-state index contributed by atoms with van der Waals surface area (Å²) >= 11 is 0. The van der Waals surface area contributed by atoms with E-state index in [1.54, 1.807) is 12.5 Å². The highest BCUT2D eigenvalue weighted by Gasteiger charge is 1.97. The summed E-state index contributed by atoms with van der Waals surface area (Å²) in [4.78, 5) is 0. The van der Waals surface area contributed by atoms with Crippen LogP contribution in [0.25, 0.3) is 0 Å². The van der Waals surface area contributed by atoms with Gasteiger partial charge in [0, 0.05) is 18.7 Å². The van der Waals surface area contributed by atoms with Crippen molar-refractivity contribution in [2.45, 2.75) is 32.9 Å². The van der Waals surface area contributed by atoms with E-state index in [2.05, 4.69) is 19.2 Å². The number of hydrogen-bond acceptors (Lipinski definition) is 3. The Balaban J connectivity index is 1.95. The summed E-state index contributed by atoms with van der Waals surface area (Å²) in [7, 11) is 0. The van der Waals surface area contributed by atoms with Gasteiger partial charge in [0.2, 0.25) is 0 Å². The van der Waals surface area contributed by atoms with E-state index in [9.17, 15) is 0 Å². The van der Waals surface area contributed by atoms with Gasteiger partial charge in [0.1, 0.15) is 0 Å². The molecule has 0 saturated carbocycles. The van der Waals surface area contributed by atoms with Crippen molar-refractivity contribution in [1.29, 1.82) is 0 Å². The van der Waals surface area contributed by atoms with E-state index in [1.165, 1.54) is 5.56 Å². The Hall–Kier alpha value is -0.800. The molecule has 1 atom stereocenters. The summed E-state index contributed by atoms with van der Waals surface area (Å²) in [6, 6.07) is 1.96. The number of furan rings is 1. The van der Waals surface area contributed by atoms with E-state index < -0.39 is 0 Å². The van der Waals surface area contributed by atoms with Crippen LogP contribution in [0.2, 0.25) is 0 Å². The molecule has 0 aliphatic carbocycles. The molecule has 3 nitrogen and oxygen atoms in total. The zero-order valence-electron chi connectivity index (χ0n) is 8.95. The highest BCUT2D eigenvalue weighted by Crippen LogP contribution is 1.98. The summed E-state index contributed by atoms with van der Waals surface area (Å²) in [6.45, 7) is 6.72. The first-order chi connectivity index (χ1) is 6.83. The molecule has 1 N–H and O–H groups in total. The monoisotopic (exact) mass is 197 g/mol. The molecule has 14 heavy (non-hydrogen) atoms. The van der Waals surface area contributed by atoms with Gasteiger partial charge in [0.05, 0.1) is 25.2 Å². The third-order valence-corrected chi connectivity index (χ3v) is 2.17. The maximum absolute atomic E-state index is 5.52. The van der Waals surface area contributed by atoms with Crippen molar-refractivity contribution in [3.63, 3.8) is 0 Å². The van der Waals surface area contributed by atoms with Crippen molar-refractivity contribution in [1.82, 2.24) is 5.32 Å². The molecule has 0 amide bonds. The van der Waals surface area contributed by atoms with Crippen LogP contribution >= 0.6 is 0 Å². The van der Waals surface area contributed by atoms with Gasteiger partial charge in [0.15, 0.2) is 0 Å². The lowest BCUT2D eigenvalue weighted by Gasteiger charge is -2.10. The van der Waals surface area contributed by atoms with Gasteiger partial charge in [-0.05, 0) is 19.4 Å². The Bertz CT molecular complexity index is 221. The first-order valence-corrected chi connectivity index (χ1v) is 5.16. The molecule has 0 bridgehead atoms. The fraction of sp³-hybridized carbons (Fsp3) is 0.636. The predicted octanol–water partition coefficient (Wildman–Crippen LogP) is 2.18. The number of hydrogen-bond donors (Lipinski definition) is 1. The topological polar surface area (TPSA) is 34.4 Å². The molecule has 0 saturated heterocycles. The fourth-order valence-electron chi connectivity index (χ4n) is 1.08. The lowest BCUT2D eigenvalue weighted by molar-refractivity contribution is 0.0655. The van der Waals surface area contributed by atoms with E-state index in [0.29, 0.717) is 6.10 Å². The second kappa shape index (κ2) is 6.62. The standard InChI is InChI=1S/C11H19NO2/c1-3-10(2)14-7-5-12-8-11-4-6-13-9-11/h4,6,9-10,12H,3,5,7-8H2,1-2H3. The molecule has 1 aromatic heterocycles. The van der Waals surface area contributed by atoms with E-state index in [0.717, 1.165) is 26.1 Å². The second-order valence-electron chi connectivity index (χ2n) is 3.40. The molecule has 0 spiro atoms. The summed E-state index contributed by atoms with van der Waals surface area (Å²) in [5.74, 6) is 0. The van der Waals surface area contributed by atoms with Gasteiger partial charge in [-0.1, -0.05) is 6.92 Å². The summed E-state index contributed by atoms with van der Waals surface area (Å²) in [5, 5.41) is 3.28. The number of ether oxygens (including phenoxy) is 1. The van der Waals surface area contributed by atoms with Crippen molar-refractivity contribution >= 4 is 0 Å². The van der Waals surface area contributed by atoms with Gasteiger partial charge >= 0.3 is 0 Å². The third kappa shape index (κ3) is 4.44. The maximum atomic E-state index is 5.52. The molecule has 1 aromatic rings. The average Bonchev–Trinajstić information content (AvgIpc) is 2.69. The van der Waals surface area contributed by atoms with Crippen LogP contribution < -0.4 is 5.32 Å². The fourth-order valence-corrected chi connectivity index (χ4v) is 1.08. The first-order valence-electron chi connectivity index (χ1n) is 5.16. The van der Waals surface area contributed by atoms with Gasteiger partial charge in [-0.15, -0.1) is 0 Å². The molecule has 1 rings (SSSR count). The minimum atomic E-state index is 0.366. The lowest BCUT2D eigenvalue weighted by Crippen LogP contribution is -2.21. The van der Waals surface area contributed by atoms with Crippen molar-refractivity contribution < 1.29 is 9.15 Å². The van der Waals surface area contributed by atoms with Crippen LogP contribution in [0, 0.1) is 0 Å². The number of rotatable bonds is 7. The first kappa shape index (κ1) is 11.3. The Morgan fingerprint density at radius 1 is 1.57 bits per heavy atom. The van der Waals surface area contributed by atoms with E-state index in [-0.39, 0.29) is 0 Å². The largest absolute Gasteiger partial charge is 0.472 e. The lowest BCUT2D eigenvalue weighted by atomic mass is 10.3. The summed E-state index contributed by atoms with van der Waals surface area (Å²) in [6.07, 6.45) is 4.88. The van der Waals surface area contributed by atoms with E-state index >= 15 is 0 Å². The average molecular weight is 197 g/mol. The normalized spacial score (nSPS) is 13.0. The second-order valence-corrected chi connectivity index (χ2v) is 3.40. The molecule has 0 aliphatic rings. The summed E-state index contributed by atoms with van der Waals surface area (Å²) in [5.41, 5.74) is 1.17. The highest BCUT2D eigenvalue weighted by atomic mass is 16.5. The van der Waals surface area contributed by atoms with Crippen LogP contribution in [0.3, 0.4) is 0 Å². The van der Waals surface area contributed by atoms with Crippen molar-refractivity contribution in [2.24, 2.45) is 0 Å². The van der Waals surface area contributed by atoms with Gasteiger partial charge in [-0.3, -0.25) is 0 Å². The minimum Gasteiger partial charge on any atom is -0.472 e. The van der Waals surface area contributed by atoms with Crippen LogP contribution in [0.1, 0.15) is 25.8 Å². The Labute approximate surface area is 85.4 Å². The van der Waals surface area contributed by atoms with Crippen molar-refractivity contribution in [3.05, 3.63) is 24.2 Å². The molecule has 0 radical (unpaired) electrons. The molecular formula is C11H19NO2. The van der Waals surface area contributed by atoms with Gasteiger partial charge in [-0.2, -0.15) is 0 Å². The van der Waals surface area contributed by atoms with Gasteiger partial charge in [0.25, 0.3) is 0 Å². The quantitative estimate of drug-likeness (QED) is 0.680. The molecule has 0 fully saturated rings. The van der Waals surface area contributed by atoms with Crippen LogP contribution in [-0.2, 0) is 11.3 Å². The third-order valence-electron chi connectivity index (χ3n) is 2.17. The van der Waals surface area contributed by atoms with E-state index in [1.807, 2.05) is 6.07 Å². The Morgan fingerprint density at radius 2 is 2.43 bits per heavy atom. The number of nitrogens with one attached hydrogen (secondary N) is 1. The van der Waals surface area contributed by atoms with Crippen LogP contribution in [0.4, 0.5) is 0 Å². The van der Waals surface area contributed by atoms with E-state index in [4.69, 9.17) is 9.15 Å². The summed E-state index contributed by atoms with van der Waals surface area (Å²) < 4.78 is 10.5. The Kier molecular flexibility index (Phi) is 5.33. The van der Waals surface area contributed by atoms with Gasteiger partial charge < -0.3 is 14.5 Å². The van der Waals surface area contributed by atoms with Crippen LogP contribution in [0.15, 0.2) is 23.0 Å². The van der Waals surface area contributed by atoms with Crippen LogP contribution in [-0.4, -0.2) is 19.3 Å². The SMILES string of the molecule is CCC(C)OCCNCc1ccoc1. The van der Waals surface area contributed by atoms with Gasteiger partial charge in [-0.25, -0.2) is 0 Å². The molecule has 1 heterocycles. The maximum Gasteiger partial charge on any atom is 0.0947 e. The van der Waals surface area contributed by atoms with Crippen LogP contribution in [0.5, 0.6) is 0 Å². The zero-order valence-corrected chi connectivity index (χ0v) is 8.95. The smallest absolute Gasteiger partial charge is 0.0947 e. The van der Waals surface area contributed by atoms with Crippen molar-refractivity contribution in [3.8, 4) is 0 Å². The highest BCUT2D eigenvalue weighted by molar-refractivity contribution is 5.04. The molecule has 3 heteroatoms. The molecule has 1 unspecified atom stereocenters. The molecule has 0 aromatic carbocycles. The molecular weight excluding hydrogens is 178 g/mol. The predicted molar refractivity (Wildman–Crippen MR) is 56.1 cm³/mol. The zero-order chi connectivity index (χ0) is 10.2. The minimum absolute atomic E-state index is 0.366. The van der Waals surface area contributed by atoms with Crippen molar-refractivity contribution in [2.75, 3.05) is 13.2 Å². The Morgan fingerprint density at radius 3 is 3.07 bits per heavy atom. The molecule has 80 valence electrons.